The third-order valence-electron chi connectivity index (χ3n) is 3.32. The van der Waals surface area contributed by atoms with Crippen molar-refractivity contribution in [2.75, 3.05) is 7.11 Å². The number of fused-ring (bicyclic) bond motifs is 1. The highest BCUT2D eigenvalue weighted by atomic mass is 35.5. The van der Waals surface area contributed by atoms with E-state index in [-0.39, 0.29) is 10.5 Å². The number of hydrogen-bond acceptors (Lipinski definition) is 5. The quantitative estimate of drug-likeness (QED) is 0.678. The third-order valence-corrected chi connectivity index (χ3v) is 5.33. The molecule has 2 aromatic carbocycles. The second-order valence-electron chi connectivity index (χ2n) is 4.76. The summed E-state index contributed by atoms with van der Waals surface area (Å²) in [7, 11) is -2.50. The lowest BCUT2D eigenvalue weighted by Gasteiger charge is -2.06. The van der Waals surface area contributed by atoms with Crippen molar-refractivity contribution in [3.8, 4) is 5.75 Å². The largest absolute Gasteiger partial charge is 0.497 e. The first-order chi connectivity index (χ1) is 10.9. The van der Waals surface area contributed by atoms with E-state index in [1.807, 2.05) is 0 Å². The lowest BCUT2D eigenvalue weighted by atomic mass is 10.2. The molecule has 0 spiro atoms. The summed E-state index contributed by atoms with van der Waals surface area (Å²) in [5, 5.41) is 0.888. The Balaban J connectivity index is 2.21. The molecule has 0 N–H and O–H groups in total. The molecule has 5 nitrogen and oxygen atoms in total. The van der Waals surface area contributed by atoms with Crippen LogP contribution in [0.4, 0.5) is 0 Å². The minimum atomic E-state index is -3.99. The Labute approximate surface area is 137 Å². The van der Waals surface area contributed by atoms with Gasteiger partial charge < -0.3 is 9.15 Å². The van der Waals surface area contributed by atoms with Gasteiger partial charge in [-0.05, 0) is 42.5 Å². The Kier molecular flexibility index (Phi) is 3.87. The molecule has 0 amide bonds. The second-order valence-corrected chi connectivity index (χ2v) is 7.11. The minimum Gasteiger partial charge on any atom is -0.497 e. The van der Waals surface area contributed by atoms with Gasteiger partial charge in [-0.1, -0.05) is 11.6 Å². The van der Waals surface area contributed by atoms with Crippen LogP contribution in [0, 0.1) is 0 Å². The van der Waals surface area contributed by atoms with Gasteiger partial charge in [0.15, 0.2) is 4.90 Å². The molecule has 0 fully saturated rings. The maximum absolute atomic E-state index is 12.6. The molecule has 1 heterocycles. The number of sulfone groups is 1. The maximum atomic E-state index is 12.6. The zero-order valence-electron chi connectivity index (χ0n) is 11.9. The maximum Gasteiger partial charge on any atom is 0.355 e. The van der Waals surface area contributed by atoms with Gasteiger partial charge in [0.1, 0.15) is 11.3 Å². The number of rotatable bonds is 3. The van der Waals surface area contributed by atoms with E-state index in [0.717, 1.165) is 0 Å². The summed E-state index contributed by atoms with van der Waals surface area (Å²) < 4.78 is 35.4. The highest BCUT2D eigenvalue weighted by molar-refractivity contribution is 7.91. The molecule has 0 radical (unpaired) electrons. The fourth-order valence-electron chi connectivity index (χ4n) is 2.13. The fourth-order valence-corrected chi connectivity index (χ4v) is 3.55. The van der Waals surface area contributed by atoms with Gasteiger partial charge in [-0.15, -0.1) is 0 Å². The van der Waals surface area contributed by atoms with Crippen molar-refractivity contribution in [1.29, 1.82) is 0 Å². The predicted octanol–water partition coefficient (Wildman–Crippen LogP) is 3.29. The van der Waals surface area contributed by atoms with Crippen LogP contribution in [0.25, 0.3) is 11.0 Å². The lowest BCUT2D eigenvalue weighted by Crippen LogP contribution is -2.14. The molecule has 118 valence electrons. The van der Waals surface area contributed by atoms with Crippen LogP contribution in [0.5, 0.6) is 5.75 Å². The summed E-state index contributed by atoms with van der Waals surface area (Å²) in [5.74, 6) is 0.508. The summed E-state index contributed by atoms with van der Waals surface area (Å²) in [6.07, 6.45) is 0. The Morgan fingerprint density at radius 3 is 2.39 bits per heavy atom. The highest BCUT2D eigenvalue weighted by Crippen LogP contribution is 2.25. The molecule has 0 aliphatic carbocycles. The van der Waals surface area contributed by atoms with Crippen molar-refractivity contribution in [2.24, 2.45) is 0 Å². The summed E-state index contributed by atoms with van der Waals surface area (Å²) in [6, 6.07) is 11.7. The van der Waals surface area contributed by atoms with Gasteiger partial charge in [0.2, 0.25) is 9.84 Å². The molecule has 3 rings (SSSR count). The molecule has 0 aliphatic heterocycles. The SMILES string of the molecule is COc1ccc2cc(S(=O)(=O)c3ccc(Cl)cc3)c(=O)oc2c1. The normalized spacial score (nSPS) is 11.6. The van der Waals surface area contributed by atoms with Crippen molar-refractivity contribution in [1.82, 2.24) is 0 Å². The van der Waals surface area contributed by atoms with Crippen LogP contribution in [0.2, 0.25) is 5.02 Å². The highest BCUT2D eigenvalue weighted by Gasteiger charge is 2.23. The molecule has 0 saturated carbocycles. The number of hydrogen-bond donors (Lipinski definition) is 0. The topological polar surface area (TPSA) is 73.6 Å². The molecular weight excluding hydrogens is 340 g/mol. The zero-order chi connectivity index (χ0) is 16.6. The number of methoxy groups -OCH3 is 1. The van der Waals surface area contributed by atoms with E-state index >= 15 is 0 Å². The molecule has 0 atom stereocenters. The van der Waals surface area contributed by atoms with E-state index in [2.05, 4.69) is 0 Å². The van der Waals surface area contributed by atoms with Gasteiger partial charge in [-0.3, -0.25) is 0 Å². The first-order valence-corrected chi connectivity index (χ1v) is 8.40. The fraction of sp³-hybridized carbons (Fsp3) is 0.0625. The molecule has 3 aromatic rings. The lowest BCUT2D eigenvalue weighted by molar-refractivity contribution is 0.414. The van der Waals surface area contributed by atoms with Crippen molar-refractivity contribution in [3.05, 3.63) is 64.0 Å². The third kappa shape index (κ3) is 2.83. The van der Waals surface area contributed by atoms with Gasteiger partial charge in [0.05, 0.1) is 12.0 Å². The standard InChI is InChI=1S/C16H11ClO5S/c1-21-12-5-2-10-8-15(16(18)22-14(10)9-12)23(19,20)13-6-3-11(17)4-7-13/h2-9H,1H3. The van der Waals surface area contributed by atoms with Crippen LogP contribution in [0.3, 0.4) is 0 Å². The summed E-state index contributed by atoms with van der Waals surface area (Å²) in [6.45, 7) is 0. The van der Waals surface area contributed by atoms with Crippen molar-refractivity contribution in [2.45, 2.75) is 9.79 Å². The summed E-state index contributed by atoms with van der Waals surface area (Å²) >= 11 is 5.76. The molecule has 0 bridgehead atoms. The van der Waals surface area contributed by atoms with Gasteiger partial charge in [-0.25, -0.2) is 13.2 Å². The Hall–Kier alpha value is -2.31. The number of halogens is 1. The van der Waals surface area contributed by atoms with E-state index in [1.54, 1.807) is 12.1 Å². The summed E-state index contributed by atoms with van der Waals surface area (Å²) in [4.78, 5) is 11.7. The average molecular weight is 351 g/mol. The molecule has 0 saturated heterocycles. The molecule has 7 heteroatoms. The first-order valence-electron chi connectivity index (χ1n) is 6.54. The molecule has 1 aromatic heterocycles. The minimum absolute atomic E-state index is 0.0259. The zero-order valence-corrected chi connectivity index (χ0v) is 13.5. The van der Waals surface area contributed by atoms with E-state index in [0.29, 0.717) is 16.2 Å². The van der Waals surface area contributed by atoms with Crippen LogP contribution in [-0.4, -0.2) is 15.5 Å². The second kappa shape index (κ2) is 5.72. The van der Waals surface area contributed by atoms with Crippen LogP contribution in [0.1, 0.15) is 0 Å². The van der Waals surface area contributed by atoms with Crippen LogP contribution in [0.15, 0.2) is 67.5 Å². The van der Waals surface area contributed by atoms with Crippen molar-refractivity contribution in [3.63, 3.8) is 0 Å². The van der Waals surface area contributed by atoms with Crippen LogP contribution >= 0.6 is 11.6 Å². The number of benzene rings is 2. The first kappa shape index (κ1) is 15.6. The molecule has 23 heavy (non-hydrogen) atoms. The van der Waals surface area contributed by atoms with Crippen molar-refractivity contribution >= 4 is 32.4 Å². The van der Waals surface area contributed by atoms with E-state index in [9.17, 15) is 13.2 Å². The Morgan fingerprint density at radius 2 is 1.74 bits per heavy atom. The van der Waals surface area contributed by atoms with Gasteiger partial charge in [0.25, 0.3) is 0 Å². The average Bonchev–Trinajstić information content (AvgIpc) is 2.53. The number of ether oxygens (including phenoxy) is 1. The van der Waals surface area contributed by atoms with E-state index in [1.165, 1.54) is 43.5 Å². The van der Waals surface area contributed by atoms with Crippen molar-refractivity contribution < 1.29 is 17.6 Å². The monoisotopic (exact) mass is 350 g/mol. The van der Waals surface area contributed by atoms with E-state index in [4.69, 9.17) is 20.8 Å². The van der Waals surface area contributed by atoms with Gasteiger partial charge >= 0.3 is 5.63 Å². The Morgan fingerprint density at radius 1 is 1.04 bits per heavy atom. The van der Waals surface area contributed by atoms with Gasteiger partial charge in [-0.2, -0.15) is 0 Å². The van der Waals surface area contributed by atoms with Crippen LogP contribution in [-0.2, 0) is 9.84 Å². The molecule has 0 aliphatic rings. The predicted molar refractivity (Wildman–Crippen MR) is 85.9 cm³/mol. The molecular formula is C16H11ClO5S. The smallest absolute Gasteiger partial charge is 0.355 e. The van der Waals surface area contributed by atoms with Crippen LogP contribution < -0.4 is 10.4 Å². The molecule has 0 unspecified atom stereocenters. The van der Waals surface area contributed by atoms with Gasteiger partial charge in [0, 0.05) is 16.5 Å². The summed E-state index contributed by atoms with van der Waals surface area (Å²) in [5.41, 5.74) is -0.676. The van der Waals surface area contributed by atoms with E-state index < -0.39 is 20.4 Å². The Bertz CT molecular complexity index is 1040.